The van der Waals surface area contributed by atoms with E-state index in [-0.39, 0.29) is 11.5 Å². The summed E-state index contributed by atoms with van der Waals surface area (Å²) in [5, 5.41) is 6.86. The summed E-state index contributed by atoms with van der Waals surface area (Å²) in [7, 11) is 0. The Hall–Kier alpha value is -3.64. The summed E-state index contributed by atoms with van der Waals surface area (Å²) >= 11 is 0. The maximum absolute atomic E-state index is 6.55. The van der Waals surface area contributed by atoms with E-state index in [0.717, 1.165) is 36.1 Å². The highest BCUT2D eigenvalue weighted by molar-refractivity contribution is 5.84. The van der Waals surface area contributed by atoms with Gasteiger partial charge in [-0.3, -0.25) is 5.10 Å². The smallest absolute Gasteiger partial charge is 0.151 e. The molecule has 2 heterocycles. The first-order valence-electron chi connectivity index (χ1n) is 11.6. The summed E-state index contributed by atoms with van der Waals surface area (Å²) < 4.78 is 1.62. The van der Waals surface area contributed by atoms with E-state index in [1.54, 1.807) is 17.1 Å². The summed E-state index contributed by atoms with van der Waals surface area (Å²) in [6, 6.07) is 19.4. The van der Waals surface area contributed by atoms with Gasteiger partial charge in [-0.05, 0) is 54.0 Å². The lowest BCUT2D eigenvalue weighted by Gasteiger charge is -2.38. The van der Waals surface area contributed by atoms with Gasteiger partial charge in [0.05, 0.1) is 18.1 Å². The van der Waals surface area contributed by atoms with Crippen molar-refractivity contribution in [1.29, 1.82) is 0 Å². The molecule has 168 valence electrons. The summed E-state index contributed by atoms with van der Waals surface area (Å²) in [5.41, 5.74) is 13.0. The van der Waals surface area contributed by atoms with Crippen LogP contribution in [0.25, 0.3) is 22.9 Å². The van der Waals surface area contributed by atoms with E-state index in [9.17, 15) is 0 Å². The molecular weight excluding hydrogens is 408 g/mol. The lowest BCUT2D eigenvalue weighted by molar-refractivity contribution is 0.253. The predicted molar refractivity (Wildman–Crippen MR) is 133 cm³/mol. The molecule has 1 saturated carbocycles. The van der Waals surface area contributed by atoms with Gasteiger partial charge in [0.15, 0.2) is 5.82 Å². The van der Waals surface area contributed by atoms with Gasteiger partial charge in [0.2, 0.25) is 0 Å². The van der Waals surface area contributed by atoms with E-state index in [1.807, 2.05) is 12.3 Å². The second-order valence-corrected chi connectivity index (χ2v) is 8.92. The lowest BCUT2D eigenvalue weighted by Crippen LogP contribution is -2.43. The van der Waals surface area contributed by atoms with E-state index < -0.39 is 0 Å². The highest BCUT2D eigenvalue weighted by Crippen LogP contribution is 2.41. The van der Waals surface area contributed by atoms with Crippen LogP contribution in [0.3, 0.4) is 0 Å². The molecule has 2 aromatic carbocycles. The predicted octanol–water partition coefficient (Wildman–Crippen LogP) is 5.06. The molecule has 1 fully saturated rings. The zero-order valence-corrected chi connectivity index (χ0v) is 18.9. The molecule has 0 aliphatic heterocycles. The van der Waals surface area contributed by atoms with Crippen molar-refractivity contribution in [2.75, 3.05) is 5.84 Å². The van der Waals surface area contributed by atoms with Gasteiger partial charge in [-0.2, -0.15) is 5.10 Å². The van der Waals surface area contributed by atoms with Crippen LogP contribution in [0.4, 0.5) is 0 Å². The lowest BCUT2D eigenvalue weighted by atomic mass is 9.72. The topological polar surface area (TPSA) is 98.5 Å². The van der Waals surface area contributed by atoms with Gasteiger partial charge in [0.1, 0.15) is 0 Å². The second-order valence-electron chi connectivity index (χ2n) is 8.92. The number of nitrogen functional groups attached to an aromatic ring is 1. The first-order valence-corrected chi connectivity index (χ1v) is 11.6. The number of nitrogens with one attached hydrogen (secondary N) is 1. The van der Waals surface area contributed by atoms with Gasteiger partial charge in [-0.25, -0.2) is 9.66 Å². The second kappa shape index (κ2) is 8.71. The van der Waals surface area contributed by atoms with Crippen molar-refractivity contribution in [2.24, 2.45) is 5.73 Å². The van der Waals surface area contributed by atoms with Crippen LogP contribution >= 0.6 is 0 Å². The molecule has 6 heteroatoms. The minimum absolute atomic E-state index is 0.147. The van der Waals surface area contributed by atoms with E-state index in [1.165, 1.54) is 23.1 Å². The zero-order valence-electron chi connectivity index (χ0n) is 18.9. The number of imidazole rings is 1. The number of hydrogen-bond donors (Lipinski definition) is 3. The summed E-state index contributed by atoms with van der Waals surface area (Å²) in [6.07, 6.45) is 11.7. The first-order chi connectivity index (χ1) is 16.1. The number of rotatable bonds is 7. The molecule has 5 N–H and O–H groups in total. The third-order valence-electron chi connectivity index (χ3n) is 6.93. The number of nitrogens with zero attached hydrogens (tertiary/aromatic N) is 3. The van der Waals surface area contributed by atoms with Crippen LogP contribution in [0.15, 0.2) is 73.2 Å². The summed E-state index contributed by atoms with van der Waals surface area (Å²) in [5.74, 6) is 7.35. The van der Waals surface area contributed by atoms with Gasteiger partial charge in [-0.1, -0.05) is 61.5 Å². The molecule has 1 aliphatic rings. The van der Waals surface area contributed by atoms with Crippen molar-refractivity contribution in [3.8, 4) is 11.3 Å². The normalized spacial score (nSPS) is 16.4. The molecular formula is C27H30N6. The van der Waals surface area contributed by atoms with Crippen LogP contribution in [0.5, 0.6) is 0 Å². The highest BCUT2D eigenvalue weighted by atomic mass is 15.3. The van der Waals surface area contributed by atoms with Crippen LogP contribution in [0.2, 0.25) is 0 Å². The van der Waals surface area contributed by atoms with E-state index in [0.29, 0.717) is 5.82 Å². The van der Waals surface area contributed by atoms with Gasteiger partial charge in [0, 0.05) is 23.2 Å². The maximum atomic E-state index is 6.55. The minimum atomic E-state index is -0.147. The van der Waals surface area contributed by atoms with E-state index in [2.05, 4.69) is 76.7 Å². The van der Waals surface area contributed by atoms with E-state index in [4.69, 9.17) is 11.6 Å². The fraction of sp³-hybridized carbons (Fsp3) is 0.259. The molecule has 1 atom stereocenters. The third kappa shape index (κ3) is 3.98. The summed E-state index contributed by atoms with van der Waals surface area (Å²) in [6.45, 7) is 2.22. The fourth-order valence-electron chi connectivity index (χ4n) is 4.77. The Balaban J connectivity index is 1.55. The van der Waals surface area contributed by atoms with Crippen molar-refractivity contribution in [3.63, 3.8) is 0 Å². The largest absolute Gasteiger partial charge is 0.337 e. The molecule has 6 nitrogen and oxygen atoms in total. The quantitative estimate of drug-likeness (QED) is 0.351. The van der Waals surface area contributed by atoms with Gasteiger partial charge < -0.3 is 11.6 Å². The van der Waals surface area contributed by atoms with Crippen molar-refractivity contribution >= 4 is 11.6 Å². The first kappa shape index (κ1) is 21.2. The van der Waals surface area contributed by atoms with Gasteiger partial charge in [-0.15, -0.1) is 0 Å². The number of hydrogen-bond acceptors (Lipinski definition) is 4. The van der Waals surface area contributed by atoms with Crippen LogP contribution < -0.4 is 11.6 Å². The Kier molecular flexibility index (Phi) is 5.60. The van der Waals surface area contributed by atoms with E-state index >= 15 is 0 Å². The molecule has 0 amide bonds. The van der Waals surface area contributed by atoms with Crippen LogP contribution in [-0.2, 0) is 5.54 Å². The molecule has 0 spiro atoms. The highest BCUT2D eigenvalue weighted by Gasteiger charge is 2.34. The fourth-order valence-corrected chi connectivity index (χ4v) is 4.77. The average Bonchev–Trinajstić information content (AvgIpc) is 3.48. The van der Waals surface area contributed by atoms with Crippen LogP contribution in [0, 0.1) is 0 Å². The molecule has 0 bridgehead atoms. The number of benzene rings is 2. The van der Waals surface area contributed by atoms with Crippen molar-refractivity contribution < 1.29 is 0 Å². The molecule has 5 rings (SSSR count). The monoisotopic (exact) mass is 438 g/mol. The SMILES string of the molecule is CCC(/C(=C\c1ncc(-c2cn[nH]c2)n1N)c1ccccc1)c1ccc(C2(N)CCC2)cc1. The third-order valence-corrected chi connectivity index (χ3v) is 6.93. The van der Waals surface area contributed by atoms with Crippen molar-refractivity contribution in [3.05, 3.63) is 95.7 Å². The van der Waals surface area contributed by atoms with Crippen LogP contribution in [-0.4, -0.2) is 19.9 Å². The standard InChI is InChI=1S/C27H30N6/c1-2-23(20-9-11-22(12-10-20)27(28)13-6-14-27)24(19-7-4-3-5-8-19)15-26-30-18-25(33(26)29)21-16-31-32-17-21/h3-5,7-12,15-18,23H,2,6,13-14,28-29H2,1H3,(H,31,32)/b24-15-. The van der Waals surface area contributed by atoms with Gasteiger partial charge >= 0.3 is 0 Å². The Morgan fingerprint density at radius 3 is 2.48 bits per heavy atom. The maximum Gasteiger partial charge on any atom is 0.151 e. The molecule has 33 heavy (non-hydrogen) atoms. The zero-order chi connectivity index (χ0) is 22.8. The molecule has 1 aliphatic carbocycles. The number of aromatic amines is 1. The number of allylic oxidation sites excluding steroid dienone is 1. The van der Waals surface area contributed by atoms with Gasteiger partial charge in [0.25, 0.3) is 0 Å². The Labute approximate surface area is 194 Å². The molecule has 0 radical (unpaired) electrons. The number of aromatic nitrogens is 4. The molecule has 0 saturated heterocycles. The minimum Gasteiger partial charge on any atom is -0.337 e. The number of nitrogens with two attached hydrogens (primary N) is 2. The Bertz CT molecular complexity index is 1230. The summed E-state index contributed by atoms with van der Waals surface area (Å²) in [4.78, 5) is 4.62. The van der Waals surface area contributed by atoms with Crippen molar-refractivity contribution in [1.82, 2.24) is 19.9 Å². The number of H-pyrrole nitrogens is 1. The van der Waals surface area contributed by atoms with Crippen molar-refractivity contribution in [2.45, 2.75) is 44.1 Å². The molecule has 4 aromatic rings. The Morgan fingerprint density at radius 2 is 1.88 bits per heavy atom. The Morgan fingerprint density at radius 1 is 1.12 bits per heavy atom. The van der Waals surface area contributed by atoms with Crippen LogP contribution in [0.1, 0.15) is 61.0 Å². The molecule has 1 unspecified atom stereocenters. The average molecular weight is 439 g/mol. The molecule has 2 aromatic heterocycles.